The Balaban J connectivity index is 1.57. The van der Waals surface area contributed by atoms with Gasteiger partial charge in [0.1, 0.15) is 39.8 Å². The van der Waals surface area contributed by atoms with Gasteiger partial charge in [-0.25, -0.2) is 9.97 Å². The second-order valence-electron chi connectivity index (χ2n) is 9.08. The lowest BCUT2D eigenvalue weighted by atomic mass is 10.1. The van der Waals surface area contributed by atoms with Crippen molar-refractivity contribution in [3.05, 3.63) is 53.7 Å². The maximum absolute atomic E-state index is 10.4. The maximum Gasteiger partial charge on any atom is 0.177 e. The number of methoxy groups -OCH3 is 2. The minimum Gasteiger partial charge on any atom is -0.507 e. The predicted molar refractivity (Wildman–Crippen MR) is 146 cm³/mol. The van der Waals surface area contributed by atoms with Gasteiger partial charge in [-0.3, -0.25) is 0 Å². The molecule has 198 valence electrons. The highest BCUT2D eigenvalue weighted by molar-refractivity contribution is 5.95. The Bertz CT molecular complexity index is 1420. The van der Waals surface area contributed by atoms with Crippen LogP contribution < -0.4 is 20.1 Å². The molecule has 0 saturated carbocycles. The molecule has 4 aromatic rings. The highest BCUT2D eigenvalue weighted by atomic mass is 16.5. The van der Waals surface area contributed by atoms with Crippen LogP contribution in [0.25, 0.3) is 22.3 Å². The summed E-state index contributed by atoms with van der Waals surface area (Å²) in [5.41, 5.74) is 4.23. The van der Waals surface area contributed by atoms with E-state index in [1.807, 2.05) is 24.3 Å². The lowest BCUT2D eigenvalue weighted by molar-refractivity contribution is 0.0903. The molecule has 0 radical (unpaired) electrons. The molecule has 0 amide bonds. The minimum atomic E-state index is 0.130. The largest absolute Gasteiger partial charge is 0.507 e. The maximum atomic E-state index is 10.4. The standard InChI is InChI=1S/C28H32N6O4/c1-4-22-27(30-19-10-12-38-13-11-19)32-25-24(17-6-5-7-20(14-17)36-2)33-34-28(26(25)31-22)29-16-18-8-9-21(37-3)15-23(18)35/h5-9,14-15,19,35H,4,10-13,16H2,1-3H3,(H,29,34)(H,30,32). The van der Waals surface area contributed by atoms with Crippen LogP contribution in [0.2, 0.25) is 0 Å². The number of aryl methyl sites for hydroxylation is 1. The van der Waals surface area contributed by atoms with E-state index in [2.05, 4.69) is 27.8 Å². The van der Waals surface area contributed by atoms with Crippen LogP contribution >= 0.6 is 0 Å². The zero-order valence-corrected chi connectivity index (χ0v) is 21.8. The van der Waals surface area contributed by atoms with Gasteiger partial charge in [0.2, 0.25) is 0 Å². The second-order valence-corrected chi connectivity index (χ2v) is 9.08. The monoisotopic (exact) mass is 516 g/mol. The van der Waals surface area contributed by atoms with Gasteiger partial charge in [-0.15, -0.1) is 10.2 Å². The van der Waals surface area contributed by atoms with Crippen LogP contribution in [0.3, 0.4) is 0 Å². The molecule has 2 aromatic carbocycles. The van der Waals surface area contributed by atoms with E-state index >= 15 is 0 Å². The van der Waals surface area contributed by atoms with Gasteiger partial charge in [-0.1, -0.05) is 19.1 Å². The molecule has 3 N–H and O–H groups in total. The van der Waals surface area contributed by atoms with Crippen molar-refractivity contribution in [1.29, 1.82) is 0 Å². The van der Waals surface area contributed by atoms with Crippen LogP contribution in [0, 0.1) is 0 Å². The molecular weight excluding hydrogens is 484 g/mol. The molecule has 0 aliphatic carbocycles. The molecule has 0 atom stereocenters. The number of aromatic nitrogens is 4. The van der Waals surface area contributed by atoms with Crippen molar-refractivity contribution in [2.24, 2.45) is 0 Å². The van der Waals surface area contributed by atoms with E-state index < -0.39 is 0 Å². The highest BCUT2D eigenvalue weighted by Crippen LogP contribution is 2.32. The fourth-order valence-corrected chi connectivity index (χ4v) is 4.48. The molecule has 2 aromatic heterocycles. The van der Waals surface area contributed by atoms with Crippen LogP contribution in [0.15, 0.2) is 42.5 Å². The summed E-state index contributed by atoms with van der Waals surface area (Å²) in [7, 11) is 3.20. The Kier molecular flexibility index (Phi) is 7.69. The third-order valence-electron chi connectivity index (χ3n) is 6.65. The average Bonchev–Trinajstić information content (AvgIpc) is 2.96. The fourth-order valence-electron chi connectivity index (χ4n) is 4.48. The van der Waals surface area contributed by atoms with Crippen LogP contribution in [0.5, 0.6) is 17.2 Å². The summed E-state index contributed by atoms with van der Waals surface area (Å²) in [6, 6.07) is 13.1. The summed E-state index contributed by atoms with van der Waals surface area (Å²) in [4.78, 5) is 10.1. The van der Waals surface area contributed by atoms with Crippen LogP contribution in [0.1, 0.15) is 31.0 Å². The van der Waals surface area contributed by atoms with E-state index in [1.54, 1.807) is 32.4 Å². The molecule has 1 aliphatic rings. The summed E-state index contributed by atoms with van der Waals surface area (Å²) < 4.78 is 16.1. The highest BCUT2D eigenvalue weighted by Gasteiger charge is 2.21. The summed E-state index contributed by atoms with van der Waals surface area (Å²) in [6.07, 6.45) is 2.53. The molecule has 1 aliphatic heterocycles. The van der Waals surface area contributed by atoms with Crippen molar-refractivity contribution in [3.8, 4) is 28.5 Å². The van der Waals surface area contributed by atoms with Gasteiger partial charge in [-0.05, 0) is 43.5 Å². The minimum absolute atomic E-state index is 0.130. The zero-order valence-electron chi connectivity index (χ0n) is 21.8. The first-order valence-electron chi connectivity index (χ1n) is 12.7. The Labute approximate surface area is 221 Å². The number of phenols is 1. The smallest absolute Gasteiger partial charge is 0.177 e. The van der Waals surface area contributed by atoms with Crippen molar-refractivity contribution < 1.29 is 19.3 Å². The van der Waals surface area contributed by atoms with E-state index in [9.17, 15) is 5.11 Å². The van der Waals surface area contributed by atoms with Gasteiger partial charge in [0.05, 0.1) is 19.9 Å². The summed E-state index contributed by atoms with van der Waals surface area (Å²) >= 11 is 0. The number of hydrogen-bond donors (Lipinski definition) is 3. The average molecular weight is 517 g/mol. The molecule has 3 heterocycles. The normalized spacial score (nSPS) is 13.9. The fraction of sp³-hybridized carbons (Fsp3) is 0.357. The van der Waals surface area contributed by atoms with Gasteiger partial charge in [0, 0.05) is 43.0 Å². The van der Waals surface area contributed by atoms with Crippen molar-refractivity contribution >= 4 is 22.7 Å². The predicted octanol–water partition coefficient (Wildman–Crippen LogP) is 4.58. The molecule has 38 heavy (non-hydrogen) atoms. The number of rotatable bonds is 9. The number of ether oxygens (including phenoxy) is 3. The van der Waals surface area contributed by atoms with Gasteiger partial charge < -0.3 is 30.0 Å². The topological polar surface area (TPSA) is 124 Å². The Hall–Kier alpha value is -4.18. The van der Waals surface area contributed by atoms with E-state index in [0.29, 0.717) is 52.6 Å². The number of anilines is 2. The molecule has 5 rings (SSSR count). The van der Waals surface area contributed by atoms with Crippen LogP contribution in [-0.2, 0) is 17.7 Å². The Morgan fingerprint density at radius 1 is 0.947 bits per heavy atom. The molecule has 10 heteroatoms. The molecule has 0 unspecified atom stereocenters. The van der Waals surface area contributed by atoms with Crippen molar-refractivity contribution in [3.63, 3.8) is 0 Å². The Morgan fingerprint density at radius 3 is 2.47 bits per heavy atom. The number of nitrogens with zero attached hydrogens (tertiary/aromatic N) is 4. The molecule has 0 spiro atoms. The van der Waals surface area contributed by atoms with Gasteiger partial charge >= 0.3 is 0 Å². The van der Waals surface area contributed by atoms with E-state index in [-0.39, 0.29) is 11.8 Å². The second kappa shape index (κ2) is 11.5. The molecule has 10 nitrogen and oxygen atoms in total. The number of nitrogens with one attached hydrogen (secondary N) is 2. The lowest BCUT2D eigenvalue weighted by Crippen LogP contribution is -2.29. The van der Waals surface area contributed by atoms with Gasteiger partial charge in [0.25, 0.3) is 0 Å². The van der Waals surface area contributed by atoms with Crippen molar-refractivity contribution in [1.82, 2.24) is 20.2 Å². The van der Waals surface area contributed by atoms with E-state index in [1.165, 1.54) is 0 Å². The molecule has 0 bridgehead atoms. The summed E-state index contributed by atoms with van der Waals surface area (Å²) in [6.45, 7) is 3.84. The number of hydrogen-bond acceptors (Lipinski definition) is 10. The van der Waals surface area contributed by atoms with E-state index in [0.717, 1.165) is 43.1 Å². The van der Waals surface area contributed by atoms with Crippen molar-refractivity contribution in [2.45, 2.75) is 38.8 Å². The number of aromatic hydroxyl groups is 1. The number of phenolic OH excluding ortho intramolecular Hbond substituents is 1. The SMILES string of the molecule is CCc1nc2c(NCc3ccc(OC)cc3O)nnc(-c3cccc(OC)c3)c2nc1NC1CCOCC1. The summed E-state index contributed by atoms with van der Waals surface area (Å²) in [5.74, 6) is 2.67. The van der Waals surface area contributed by atoms with Crippen LogP contribution in [-0.4, -0.2) is 58.7 Å². The molecule has 1 saturated heterocycles. The summed E-state index contributed by atoms with van der Waals surface area (Å²) in [5, 5.41) is 26.4. The van der Waals surface area contributed by atoms with Crippen molar-refractivity contribution in [2.75, 3.05) is 38.1 Å². The first-order chi connectivity index (χ1) is 18.6. The first-order valence-corrected chi connectivity index (χ1v) is 12.7. The third kappa shape index (κ3) is 5.40. The third-order valence-corrected chi connectivity index (χ3v) is 6.65. The first kappa shape index (κ1) is 25.5. The lowest BCUT2D eigenvalue weighted by Gasteiger charge is -2.24. The van der Waals surface area contributed by atoms with Gasteiger partial charge in [-0.2, -0.15) is 0 Å². The number of benzene rings is 2. The van der Waals surface area contributed by atoms with E-state index in [4.69, 9.17) is 24.2 Å². The number of fused-ring (bicyclic) bond motifs is 1. The van der Waals surface area contributed by atoms with Gasteiger partial charge in [0.15, 0.2) is 5.82 Å². The molecule has 1 fully saturated rings. The Morgan fingerprint density at radius 2 is 1.74 bits per heavy atom. The zero-order chi connectivity index (χ0) is 26.5. The van der Waals surface area contributed by atoms with Crippen LogP contribution in [0.4, 0.5) is 11.6 Å². The molecular formula is C28H32N6O4. The quantitative estimate of drug-likeness (QED) is 0.291.